The van der Waals surface area contributed by atoms with Gasteiger partial charge in [0.05, 0.1) is 5.02 Å². The predicted molar refractivity (Wildman–Crippen MR) is 63.7 cm³/mol. The van der Waals surface area contributed by atoms with Crippen molar-refractivity contribution in [3.05, 3.63) is 23.4 Å². The lowest BCUT2D eigenvalue weighted by Crippen LogP contribution is -2.21. The Morgan fingerprint density at radius 3 is 2.82 bits per heavy atom. The number of aromatic nitrogens is 1. The molecule has 0 spiro atoms. The summed E-state index contributed by atoms with van der Waals surface area (Å²) < 4.78 is 4.74. The van der Waals surface area contributed by atoms with Gasteiger partial charge in [0.25, 0.3) is 5.91 Å². The Labute approximate surface area is 104 Å². The van der Waals surface area contributed by atoms with Crippen LogP contribution in [0.3, 0.4) is 0 Å². The first-order valence-corrected chi connectivity index (χ1v) is 5.56. The van der Waals surface area contributed by atoms with Gasteiger partial charge in [-0.05, 0) is 18.6 Å². The van der Waals surface area contributed by atoms with E-state index >= 15 is 0 Å². The van der Waals surface area contributed by atoms with E-state index in [0.29, 0.717) is 23.7 Å². The number of pyridine rings is 1. The fraction of sp³-hybridized carbons (Fsp3) is 0.364. The predicted octanol–water partition coefficient (Wildman–Crippen LogP) is 2.02. The highest BCUT2D eigenvalue weighted by molar-refractivity contribution is 6.30. The van der Waals surface area contributed by atoms with Crippen molar-refractivity contribution in [2.24, 2.45) is 0 Å². The van der Waals surface area contributed by atoms with Crippen LogP contribution >= 0.6 is 11.6 Å². The number of carbonyl (C=O) groups excluding carboxylic acids is 2. The van der Waals surface area contributed by atoms with Gasteiger partial charge in [-0.15, -0.1) is 0 Å². The Balaban J connectivity index is 2.34. The quantitative estimate of drug-likeness (QED) is 0.819. The first-order valence-electron chi connectivity index (χ1n) is 5.19. The minimum absolute atomic E-state index is 0.302. The summed E-state index contributed by atoms with van der Waals surface area (Å²) in [7, 11) is 0. The lowest BCUT2D eigenvalue weighted by molar-refractivity contribution is -0.147. The maximum Gasteiger partial charge on any atom is 0.306 e. The molecule has 1 N–H and O–H groups in total. The van der Waals surface area contributed by atoms with Crippen LogP contribution in [0.5, 0.6) is 0 Å². The van der Waals surface area contributed by atoms with Crippen LogP contribution in [0.2, 0.25) is 5.02 Å². The molecule has 1 aromatic rings. The number of hydrogen-bond donors (Lipinski definition) is 1. The van der Waals surface area contributed by atoms with Gasteiger partial charge >= 0.3 is 5.97 Å². The summed E-state index contributed by atoms with van der Waals surface area (Å²) in [6, 6.07) is 3.17. The molecule has 0 unspecified atom stereocenters. The second kappa shape index (κ2) is 6.85. The summed E-state index contributed by atoms with van der Waals surface area (Å²) in [4.78, 5) is 26.2. The van der Waals surface area contributed by atoms with Crippen LogP contribution in [0.1, 0.15) is 19.8 Å². The molecule has 0 aliphatic rings. The number of anilines is 1. The smallest absolute Gasteiger partial charge is 0.306 e. The second-order valence-corrected chi connectivity index (χ2v) is 3.76. The molecule has 0 radical (unpaired) electrons. The average Bonchev–Trinajstić information content (AvgIpc) is 2.30. The third-order valence-electron chi connectivity index (χ3n) is 1.81. The number of carbonyl (C=O) groups is 2. The van der Waals surface area contributed by atoms with Gasteiger partial charge in [0.1, 0.15) is 5.82 Å². The molecular formula is C11H13ClN2O3. The number of rotatable bonds is 5. The average molecular weight is 257 g/mol. The van der Waals surface area contributed by atoms with E-state index in [1.807, 2.05) is 6.92 Å². The van der Waals surface area contributed by atoms with E-state index in [4.69, 9.17) is 16.3 Å². The zero-order chi connectivity index (χ0) is 12.7. The summed E-state index contributed by atoms with van der Waals surface area (Å²) in [6.45, 7) is 1.56. The van der Waals surface area contributed by atoms with Crippen molar-refractivity contribution in [1.29, 1.82) is 0 Å². The number of esters is 1. The lowest BCUT2D eigenvalue weighted by atomic mass is 10.3. The van der Waals surface area contributed by atoms with E-state index in [1.165, 1.54) is 6.20 Å². The molecule has 1 heterocycles. The number of halogens is 1. The Morgan fingerprint density at radius 1 is 1.47 bits per heavy atom. The highest BCUT2D eigenvalue weighted by Crippen LogP contribution is 2.09. The first-order chi connectivity index (χ1) is 8.11. The zero-order valence-electron chi connectivity index (χ0n) is 9.40. The fourth-order valence-electron chi connectivity index (χ4n) is 1.05. The van der Waals surface area contributed by atoms with E-state index in [0.717, 1.165) is 0 Å². The molecule has 17 heavy (non-hydrogen) atoms. The SMILES string of the molecule is CCCC(=O)OCC(=O)Nc1ccc(Cl)cn1. The van der Waals surface area contributed by atoms with Gasteiger partial charge in [-0.3, -0.25) is 9.59 Å². The maximum atomic E-state index is 11.3. The first kappa shape index (κ1) is 13.4. The molecule has 0 atom stereocenters. The molecule has 92 valence electrons. The monoisotopic (exact) mass is 256 g/mol. The standard InChI is InChI=1S/C11H13ClN2O3/c1-2-3-11(16)17-7-10(15)14-9-5-4-8(12)6-13-9/h4-6H,2-3,7H2,1H3,(H,13,14,15). The van der Waals surface area contributed by atoms with Gasteiger partial charge in [-0.2, -0.15) is 0 Å². The van der Waals surface area contributed by atoms with Crippen molar-refractivity contribution in [3.8, 4) is 0 Å². The molecule has 6 heteroatoms. The molecule has 0 aromatic carbocycles. The van der Waals surface area contributed by atoms with Crippen molar-refractivity contribution < 1.29 is 14.3 Å². The van der Waals surface area contributed by atoms with Crippen LogP contribution in [0.4, 0.5) is 5.82 Å². The topological polar surface area (TPSA) is 68.3 Å². The van der Waals surface area contributed by atoms with Crippen LogP contribution < -0.4 is 5.32 Å². The summed E-state index contributed by atoms with van der Waals surface area (Å²) in [5.41, 5.74) is 0. The largest absolute Gasteiger partial charge is 0.456 e. The van der Waals surface area contributed by atoms with E-state index in [9.17, 15) is 9.59 Å². The number of amides is 1. The zero-order valence-corrected chi connectivity index (χ0v) is 10.2. The molecule has 0 saturated heterocycles. The van der Waals surface area contributed by atoms with Gasteiger partial charge < -0.3 is 10.1 Å². The molecule has 0 bridgehead atoms. The van der Waals surface area contributed by atoms with Crippen LogP contribution in [0, 0.1) is 0 Å². The fourth-order valence-corrected chi connectivity index (χ4v) is 1.16. The third-order valence-corrected chi connectivity index (χ3v) is 2.04. The van der Waals surface area contributed by atoms with Crippen molar-refractivity contribution in [2.45, 2.75) is 19.8 Å². The summed E-state index contributed by atoms with van der Waals surface area (Å²) in [5, 5.41) is 2.96. The number of nitrogens with one attached hydrogen (secondary N) is 1. The third kappa shape index (κ3) is 5.31. The molecule has 1 rings (SSSR count). The van der Waals surface area contributed by atoms with Crippen LogP contribution in [-0.4, -0.2) is 23.5 Å². The van der Waals surface area contributed by atoms with Crippen LogP contribution in [-0.2, 0) is 14.3 Å². The van der Waals surface area contributed by atoms with E-state index in [-0.39, 0.29) is 12.6 Å². The highest BCUT2D eigenvalue weighted by atomic mass is 35.5. The van der Waals surface area contributed by atoms with Gasteiger partial charge in [-0.25, -0.2) is 4.98 Å². The Morgan fingerprint density at radius 2 is 2.24 bits per heavy atom. The summed E-state index contributed by atoms with van der Waals surface area (Å²) in [6.07, 6.45) is 2.42. The van der Waals surface area contributed by atoms with Crippen molar-refractivity contribution >= 4 is 29.3 Å². The molecule has 0 saturated carbocycles. The summed E-state index contributed by atoms with van der Waals surface area (Å²) >= 11 is 5.64. The normalized spacial score (nSPS) is 9.76. The molecule has 0 fully saturated rings. The second-order valence-electron chi connectivity index (χ2n) is 3.32. The van der Waals surface area contributed by atoms with Gasteiger partial charge in [0.15, 0.2) is 6.61 Å². The van der Waals surface area contributed by atoms with Gasteiger partial charge in [-0.1, -0.05) is 18.5 Å². The molecule has 1 aromatic heterocycles. The Kier molecular flexibility index (Phi) is 5.42. The Hall–Kier alpha value is -1.62. The van der Waals surface area contributed by atoms with Crippen LogP contribution in [0.15, 0.2) is 18.3 Å². The van der Waals surface area contributed by atoms with Crippen molar-refractivity contribution in [1.82, 2.24) is 4.98 Å². The van der Waals surface area contributed by atoms with Crippen LogP contribution in [0.25, 0.3) is 0 Å². The van der Waals surface area contributed by atoms with Crippen molar-refractivity contribution in [2.75, 3.05) is 11.9 Å². The lowest BCUT2D eigenvalue weighted by Gasteiger charge is -2.05. The van der Waals surface area contributed by atoms with Gasteiger partial charge in [0.2, 0.25) is 0 Å². The molecule has 0 aliphatic heterocycles. The Bertz CT molecular complexity index is 392. The molecular weight excluding hydrogens is 244 g/mol. The molecule has 0 aliphatic carbocycles. The van der Waals surface area contributed by atoms with E-state index in [2.05, 4.69) is 10.3 Å². The molecule has 5 nitrogen and oxygen atoms in total. The molecule has 1 amide bonds. The maximum absolute atomic E-state index is 11.3. The highest BCUT2D eigenvalue weighted by Gasteiger charge is 2.07. The number of ether oxygens (including phenoxy) is 1. The van der Waals surface area contributed by atoms with Crippen molar-refractivity contribution in [3.63, 3.8) is 0 Å². The minimum atomic E-state index is -0.427. The van der Waals surface area contributed by atoms with Gasteiger partial charge in [0, 0.05) is 12.6 Å². The van der Waals surface area contributed by atoms with E-state index < -0.39 is 5.91 Å². The minimum Gasteiger partial charge on any atom is -0.456 e. The summed E-state index contributed by atoms with van der Waals surface area (Å²) in [5.74, 6) is -0.443. The number of hydrogen-bond acceptors (Lipinski definition) is 4. The number of nitrogens with zero attached hydrogens (tertiary/aromatic N) is 1. The van der Waals surface area contributed by atoms with E-state index in [1.54, 1.807) is 12.1 Å².